The van der Waals surface area contributed by atoms with Gasteiger partial charge in [0.15, 0.2) is 0 Å². The Kier molecular flexibility index (Phi) is 4.69. The maximum Gasteiger partial charge on any atom is 0.228 e. The van der Waals surface area contributed by atoms with Gasteiger partial charge in [0, 0.05) is 5.69 Å². The summed E-state index contributed by atoms with van der Waals surface area (Å²) in [5, 5.41) is 2.89. The van der Waals surface area contributed by atoms with Crippen LogP contribution in [0.1, 0.15) is 5.56 Å². The molecule has 0 aliphatic heterocycles. The molecule has 3 nitrogen and oxygen atoms in total. The zero-order chi connectivity index (χ0) is 15.9. The highest BCUT2D eigenvalue weighted by Crippen LogP contribution is 2.22. The highest BCUT2D eigenvalue weighted by atomic mass is 16.5. The monoisotopic (exact) mass is 303 g/mol. The zero-order valence-corrected chi connectivity index (χ0v) is 12.6. The summed E-state index contributed by atoms with van der Waals surface area (Å²) in [6.45, 7) is 0. The first-order valence-electron chi connectivity index (χ1n) is 7.46. The number of carbonyl (C=O) groups excluding carboxylic acids is 1. The van der Waals surface area contributed by atoms with E-state index in [4.69, 9.17) is 4.74 Å². The molecule has 23 heavy (non-hydrogen) atoms. The smallest absolute Gasteiger partial charge is 0.228 e. The minimum absolute atomic E-state index is 0.0343. The maximum atomic E-state index is 12.0. The van der Waals surface area contributed by atoms with Crippen LogP contribution in [0.3, 0.4) is 0 Å². The number of nitrogens with one attached hydrogen (secondary N) is 1. The number of hydrogen-bond acceptors (Lipinski definition) is 2. The number of benzene rings is 3. The summed E-state index contributed by atoms with van der Waals surface area (Å²) in [4.78, 5) is 12.0. The summed E-state index contributed by atoms with van der Waals surface area (Å²) in [7, 11) is 0. The lowest BCUT2D eigenvalue weighted by Crippen LogP contribution is -2.14. The predicted molar refractivity (Wildman–Crippen MR) is 91.7 cm³/mol. The molecule has 0 bridgehead atoms. The molecule has 0 saturated heterocycles. The normalized spacial score (nSPS) is 10.1. The van der Waals surface area contributed by atoms with E-state index in [0.717, 1.165) is 22.7 Å². The first-order valence-corrected chi connectivity index (χ1v) is 7.46. The SMILES string of the molecule is O=C(Cc1ccccc1)Nc1ccc(Oc2ccccc2)cc1. The molecule has 0 saturated carbocycles. The van der Waals surface area contributed by atoms with Crippen molar-refractivity contribution in [2.24, 2.45) is 0 Å². The average molecular weight is 303 g/mol. The van der Waals surface area contributed by atoms with E-state index < -0.39 is 0 Å². The van der Waals surface area contributed by atoms with Gasteiger partial charge in [0.05, 0.1) is 6.42 Å². The van der Waals surface area contributed by atoms with E-state index >= 15 is 0 Å². The fraction of sp³-hybridized carbons (Fsp3) is 0.0500. The van der Waals surface area contributed by atoms with Gasteiger partial charge in [0.2, 0.25) is 5.91 Å². The van der Waals surface area contributed by atoms with E-state index in [1.165, 1.54) is 0 Å². The third-order valence-corrected chi connectivity index (χ3v) is 3.32. The first-order chi connectivity index (χ1) is 11.3. The number of rotatable bonds is 5. The Bertz CT molecular complexity index is 753. The molecule has 0 radical (unpaired) electrons. The summed E-state index contributed by atoms with van der Waals surface area (Å²) in [5.74, 6) is 1.48. The Balaban J connectivity index is 1.58. The predicted octanol–water partition coefficient (Wildman–Crippen LogP) is 4.66. The fourth-order valence-electron chi connectivity index (χ4n) is 2.22. The lowest BCUT2D eigenvalue weighted by molar-refractivity contribution is -0.115. The molecule has 3 aromatic rings. The van der Waals surface area contributed by atoms with Crippen molar-refractivity contribution in [3.63, 3.8) is 0 Å². The van der Waals surface area contributed by atoms with E-state index in [-0.39, 0.29) is 5.91 Å². The molecule has 0 fully saturated rings. The lowest BCUT2D eigenvalue weighted by Gasteiger charge is -2.08. The number of carbonyl (C=O) groups is 1. The van der Waals surface area contributed by atoms with Crippen molar-refractivity contribution in [1.29, 1.82) is 0 Å². The number of anilines is 1. The van der Waals surface area contributed by atoms with Gasteiger partial charge >= 0.3 is 0 Å². The largest absolute Gasteiger partial charge is 0.457 e. The van der Waals surface area contributed by atoms with Crippen molar-refractivity contribution < 1.29 is 9.53 Å². The van der Waals surface area contributed by atoms with Gasteiger partial charge in [-0.25, -0.2) is 0 Å². The lowest BCUT2D eigenvalue weighted by atomic mass is 10.1. The fourth-order valence-corrected chi connectivity index (χ4v) is 2.22. The van der Waals surface area contributed by atoms with Gasteiger partial charge < -0.3 is 10.1 Å². The van der Waals surface area contributed by atoms with Crippen LogP contribution in [0.25, 0.3) is 0 Å². The molecule has 0 unspecified atom stereocenters. The van der Waals surface area contributed by atoms with Gasteiger partial charge in [0.1, 0.15) is 11.5 Å². The van der Waals surface area contributed by atoms with Crippen LogP contribution in [-0.2, 0) is 11.2 Å². The third kappa shape index (κ3) is 4.45. The summed E-state index contributed by atoms with van der Waals surface area (Å²) < 4.78 is 5.72. The molecule has 3 heteroatoms. The quantitative estimate of drug-likeness (QED) is 0.744. The zero-order valence-electron chi connectivity index (χ0n) is 12.6. The van der Waals surface area contributed by atoms with Crippen molar-refractivity contribution in [1.82, 2.24) is 0 Å². The molecule has 0 heterocycles. The van der Waals surface area contributed by atoms with Crippen LogP contribution in [-0.4, -0.2) is 5.91 Å². The second-order valence-electron chi connectivity index (χ2n) is 5.15. The van der Waals surface area contributed by atoms with E-state index in [9.17, 15) is 4.79 Å². The number of hydrogen-bond donors (Lipinski definition) is 1. The Morgan fingerprint density at radius 3 is 1.96 bits per heavy atom. The Morgan fingerprint density at radius 2 is 1.30 bits per heavy atom. The van der Waals surface area contributed by atoms with Crippen LogP contribution < -0.4 is 10.1 Å². The minimum atomic E-state index is -0.0343. The molecule has 3 rings (SSSR count). The van der Waals surface area contributed by atoms with Gasteiger partial charge in [-0.3, -0.25) is 4.79 Å². The summed E-state index contributed by atoms with van der Waals surface area (Å²) in [5.41, 5.74) is 1.75. The van der Waals surface area contributed by atoms with E-state index in [0.29, 0.717) is 6.42 Å². The first kappa shape index (κ1) is 14.9. The number of amides is 1. The maximum absolute atomic E-state index is 12.0. The molecule has 0 spiro atoms. The molecule has 0 atom stereocenters. The molecule has 0 aromatic heterocycles. The van der Waals surface area contributed by atoms with Gasteiger partial charge in [-0.2, -0.15) is 0 Å². The Hall–Kier alpha value is -3.07. The molecule has 1 amide bonds. The van der Waals surface area contributed by atoms with Crippen molar-refractivity contribution >= 4 is 11.6 Å². The van der Waals surface area contributed by atoms with Gasteiger partial charge in [-0.05, 0) is 42.0 Å². The highest BCUT2D eigenvalue weighted by molar-refractivity contribution is 5.92. The van der Waals surface area contributed by atoms with Crippen LogP contribution in [0.5, 0.6) is 11.5 Å². The topological polar surface area (TPSA) is 38.3 Å². The second kappa shape index (κ2) is 7.27. The van der Waals surface area contributed by atoms with Crippen LogP contribution in [0.2, 0.25) is 0 Å². The van der Waals surface area contributed by atoms with Crippen molar-refractivity contribution in [3.05, 3.63) is 90.5 Å². The molecular weight excluding hydrogens is 286 g/mol. The van der Waals surface area contributed by atoms with E-state index in [1.54, 1.807) is 0 Å². The number of para-hydroxylation sites is 1. The van der Waals surface area contributed by atoms with Crippen molar-refractivity contribution in [2.45, 2.75) is 6.42 Å². The molecule has 114 valence electrons. The third-order valence-electron chi connectivity index (χ3n) is 3.32. The van der Waals surface area contributed by atoms with Crippen LogP contribution >= 0.6 is 0 Å². The van der Waals surface area contributed by atoms with Crippen molar-refractivity contribution in [3.8, 4) is 11.5 Å². The highest BCUT2D eigenvalue weighted by Gasteiger charge is 2.04. The summed E-state index contributed by atoms with van der Waals surface area (Å²) in [6, 6.07) is 26.6. The summed E-state index contributed by atoms with van der Waals surface area (Å²) >= 11 is 0. The van der Waals surface area contributed by atoms with Gasteiger partial charge in [-0.1, -0.05) is 48.5 Å². The van der Waals surface area contributed by atoms with E-state index in [1.807, 2.05) is 84.9 Å². The minimum Gasteiger partial charge on any atom is -0.457 e. The summed E-state index contributed by atoms with van der Waals surface area (Å²) in [6.07, 6.45) is 0.364. The van der Waals surface area contributed by atoms with Crippen molar-refractivity contribution in [2.75, 3.05) is 5.32 Å². The van der Waals surface area contributed by atoms with Crippen LogP contribution in [0.15, 0.2) is 84.9 Å². The molecule has 0 aliphatic rings. The molecule has 1 N–H and O–H groups in total. The van der Waals surface area contributed by atoms with Crippen LogP contribution in [0.4, 0.5) is 5.69 Å². The van der Waals surface area contributed by atoms with Gasteiger partial charge in [0.25, 0.3) is 0 Å². The number of ether oxygens (including phenoxy) is 1. The molecule has 0 aliphatic carbocycles. The van der Waals surface area contributed by atoms with Crippen LogP contribution in [0, 0.1) is 0 Å². The standard InChI is InChI=1S/C20H17NO2/c22-20(15-16-7-3-1-4-8-16)21-17-11-13-19(14-12-17)23-18-9-5-2-6-10-18/h1-14H,15H2,(H,21,22). The molecule has 3 aromatic carbocycles. The molecular formula is C20H17NO2. The Morgan fingerprint density at radius 1 is 0.739 bits per heavy atom. The van der Waals surface area contributed by atoms with E-state index in [2.05, 4.69) is 5.32 Å². The Labute approximate surface area is 135 Å². The van der Waals surface area contributed by atoms with Gasteiger partial charge in [-0.15, -0.1) is 0 Å². The second-order valence-corrected chi connectivity index (χ2v) is 5.15. The average Bonchev–Trinajstić information content (AvgIpc) is 2.58.